The van der Waals surface area contributed by atoms with Gasteiger partial charge in [-0.15, -0.1) is 0 Å². The molecule has 0 aliphatic carbocycles. The highest BCUT2D eigenvalue weighted by Gasteiger charge is 2.05. The van der Waals surface area contributed by atoms with Gasteiger partial charge in [0.2, 0.25) is 0 Å². The monoisotopic (exact) mass is 311 g/mol. The molecule has 0 unspecified atom stereocenters. The standard InChI is InChI=1S/C14H18BrNO2/c1-3-9-16(4-2)12-7-5-11(13(15)10-12)6-8-14(17)18/h5-8,10H,3-4,9H2,1-2H3,(H,17,18)/b8-6+. The smallest absolute Gasteiger partial charge is 0.328 e. The Labute approximate surface area is 116 Å². The van der Waals surface area contributed by atoms with Gasteiger partial charge in [0.25, 0.3) is 0 Å². The molecule has 1 aromatic carbocycles. The van der Waals surface area contributed by atoms with Gasteiger partial charge < -0.3 is 10.0 Å². The van der Waals surface area contributed by atoms with Crippen LogP contribution in [-0.2, 0) is 4.79 Å². The quantitative estimate of drug-likeness (QED) is 0.813. The van der Waals surface area contributed by atoms with E-state index in [-0.39, 0.29) is 0 Å². The van der Waals surface area contributed by atoms with Crippen molar-refractivity contribution in [2.24, 2.45) is 0 Å². The van der Waals surface area contributed by atoms with Crippen molar-refractivity contribution in [3.63, 3.8) is 0 Å². The van der Waals surface area contributed by atoms with Crippen molar-refractivity contribution in [2.75, 3.05) is 18.0 Å². The molecule has 0 radical (unpaired) electrons. The van der Waals surface area contributed by atoms with Crippen LogP contribution in [0.2, 0.25) is 0 Å². The van der Waals surface area contributed by atoms with Crippen LogP contribution in [0.3, 0.4) is 0 Å². The summed E-state index contributed by atoms with van der Waals surface area (Å²) in [6.07, 6.45) is 3.84. The van der Waals surface area contributed by atoms with Crippen LogP contribution in [0, 0.1) is 0 Å². The minimum atomic E-state index is -0.938. The van der Waals surface area contributed by atoms with Gasteiger partial charge in [0.1, 0.15) is 0 Å². The lowest BCUT2D eigenvalue weighted by Gasteiger charge is -2.23. The number of carboxylic acids is 1. The molecular weight excluding hydrogens is 294 g/mol. The first-order chi connectivity index (χ1) is 8.58. The number of aliphatic carboxylic acids is 1. The number of hydrogen-bond donors (Lipinski definition) is 1. The summed E-state index contributed by atoms with van der Waals surface area (Å²) in [5, 5.41) is 8.61. The van der Waals surface area contributed by atoms with E-state index >= 15 is 0 Å². The SMILES string of the molecule is CCCN(CC)c1ccc(/C=C/C(=O)O)c(Br)c1. The zero-order valence-electron chi connectivity index (χ0n) is 10.7. The van der Waals surface area contributed by atoms with Crippen molar-refractivity contribution in [3.05, 3.63) is 34.3 Å². The molecular formula is C14H18BrNO2. The second kappa shape index (κ2) is 7.21. The topological polar surface area (TPSA) is 40.5 Å². The average Bonchev–Trinajstić information content (AvgIpc) is 2.34. The first-order valence-electron chi connectivity index (χ1n) is 6.04. The van der Waals surface area contributed by atoms with Crippen molar-refractivity contribution < 1.29 is 9.90 Å². The molecule has 1 aromatic rings. The molecule has 0 aliphatic heterocycles. The predicted octanol–water partition coefficient (Wildman–Crippen LogP) is 3.78. The Morgan fingerprint density at radius 3 is 2.67 bits per heavy atom. The Kier molecular flexibility index (Phi) is 5.92. The van der Waals surface area contributed by atoms with Gasteiger partial charge in [-0.25, -0.2) is 4.79 Å². The number of rotatable bonds is 6. The Hall–Kier alpha value is -1.29. The molecule has 1 N–H and O–H groups in total. The maximum atomic E-state index is 10.5. The highest BCUT2D eigenvalue weighted by atomic mass is 79.9. The minimum Gasteiger partial charge on any atom is -0.478 e. The normalized spacial score (nSPS) is 10.8. The Balaban J connectivity index is 2.94. The molecule has 0 aromatic heterocycles. The number of carboxylic acid groups (broad SMARTS) is 1. The zero-order chi connectivity index (χ0) is 13.5. The third-order valence-electron chi connectivity index (χ3n) is 2.63. The Morgan fingerprint density at radius 1 is 1.44 bits per heavy atom. The van der Waals surface area contributed by atoms with Gasteiger partial charge in [0.05, 0.1) is 0 Å². The minimum absolute atomic E-state index is 0.869. The van der Waals surface area contributed by atoms with Crippen LogP contribution in [0.15, 0.2) is 28.7 Å². The number of anilines is 1. The Morgan fingerprint density at radius 2 is 2.17 bits per heavy atom. The third kappa shape index (κ3) is 4.18. The predicted molar refractivity (Wildman–Crippen MR) is 79.0 cm³/mol. The van der Waals surface area contributed by atoms with Crippen molar-refractivity contribution in [1.82, 2.24) is 0 Å². The fraction of sp³-hybridized carbons (Fsp3) is 0.357. The summed E-state index contributed by atoms with van der Waals surface area (Å²) in [7, 11) is 0. The molecule has 0 saturated heterocycles. The summed E-state index contributed by atoms with van der Waals surface area (Å²) >= 11 is 3.48. The molecule has 4 heteroatoms. The molecule has 0 amide bonds. The van der Waals surface area contributed by atoms with Crippen LogP contribution in [0.5, 0.6) is 0 Å². The van der Waals surface area contributed by atoms with E-state index < -0.39 is 5.97 Å². The van der Waals surface area contributed by atoms with Gasteiger partial charge in [-0.3, -0.25) is 0 Å². The van der Waals surface area contributed by atoms with Gasteiger partial charge in [-0.1, -0.05) is 28.9 Å². The molecule has 0 heterocycles. The van der Waals surface area contributed by atoms with Gasteiger partial charge in [0.15, 0.2) is 0 Å². The van der Waals surface area contributed by atoms with Gasteiger partial charge in [-0.05, 0) is 37.1 Å². The van der Waals surface area contributed by atoms with Crippen molar-refractivity contribution in [3.8, 4) is 0 Å². The largest absolute Gasteiger partial charge is 0.478 e. The van der Waals surface area contributed by atoms with E-state index in [0.717, 1.165) is 41.3 Å². The van der Waals surface area contributed by atoms with Crippen LogP contribution in [0.4, 0.5) is 5.69 Å². The lowest BCUT2D eigenvalue weighted by molar-refractivity contribution is -0.131. The zero-order valence-corrected chi connectivity index (χ0v) is 12.3. The fourth-order valence-electron chi connectivity index (χ4n) is 1.75. The molecule has 1 rings (SSSR count). The summed E-state index contributed by atoms with van der Waals surface area (Å²) in [5.41, 5.74) is 2.02. The van der Waals surface area contributed by atoms with E-state index in [0.29, 0.717) is 0 Å². The summed E-state index contributed by atoms with van der Waals surface area (Å²) < 4.78 is 0.909. The van der Waals surface area contributed by atoms with Gasteiger partial charge in [-0.2, -0.15) is 0 Å². The number of hydrogen-bond acceptors (Lipinski definition) is 2. The molecule has 0 aliphatic rings. The average molecular weight is 312 g/mol. The lowest BCUT2D eigenvalue weighted by Crippen LogP contribution is -2.23. The van der Waals surface area contributed by atoms with E-state index in [1.807, 2.05) is 18.2 Å². The Bertz CT molecular complexity index is 443. The first-order valence-corrected chi connectivity index (χ1v) is 6.83. The summed E-state index contributed by atoms with van der Waals surface area (Å²) in [5.74, 6) is -0.938. The van der Waals surface area contributed by atoms with E-state index in [2.05, 4.69) is 34.7 Å². The molecule has 18 heavy (non-hydrogen) atoms. The lowest BCUT2D eigenvalue weighted by atomic mass is 10.1. The van der Waals surface area contributed by atoms with E-state index in [1.165, 1.54) is 0 Å². The van der Waals surface area contributed by atoms with Crippen molar-refractivity contribution in [2.45, 2.75) is 20.3 Å². The van der Waals surface area contributed by atoms with E-state index in [4.69, 9.17) is 5.11 Å². The van der Waals surface area contributed by atoms with Crippen LogP contribution < -0.4 is 4.90 Å². The molecule has 3 nitrogen and oxygen atoms in total. The highest BCUT2D eigenvalue weighted by molar-refractivity contribution is 9.10. The molecule has 0 saturated carbocycles. The second-order valence-electron chi connectivity index (χ2n) is 3.96. The van der Waals surface area contributed by atoms with Gasteiger partial charge in [0, 0.05) is 29.3 Å². The number of carbonyl (C=O) groups is 1. The number of benzene rings is 1. The summed E-state index contributed by atoms with van der Waals surface area (Å²) in [6.45, 7) is 6.27. The fourth-order valence-corrected chi connectivity index (χ4v) is 2.25. The maximum Gasteiger partial charge on any atom is 0.328 e. The van der Waals surface area contributed by atoms with Crippen LogP contribution in [0.25, 0.3) is 6.08 Å². The van der Waals surface area contributed by atoms with Crippen LogP contribution in [-0.4, -0.2) is 24.2 Å². The van der Waals surface area contributed by atoms with Crippen LogP contribution in [0.1, 0.15) is 25.8 Å². The number of nitrogens with zero attached hydrogens (tertiary/aromatic N) is 1. The van der Waals surface area contributed by atoms with Gasteiger partial charge >= 0.3 is 5.97 Å². The van der Waals surface area contributed by atoms with E-state index in [9.17, 15) is 4.79 Å². The molecule has 98 valence electrons. The number of halogens is 1. The molecule has 0 spiro atoms. The second-order valence-corrected chi connectivity index (χ2v) is 4.81. The molecule has 0 fully saturated rings. The summed E-state index contributed by atoms with van der Waals surface area (Å²) in [4.78, 5) is 12.8. The van der Waals surface area contributed by atoms with Crippen molar-refractivity contribution in [1.29, 1.82) is 0 Å². The highest BCUT2D eigenvalue weighted by Crippen LogP contribution is 2.25. The van der Waals surface area contributed by atoms with Crippen molar-refractivity contribution >= 4 is 33.7 Å². The van der Waals surface area contributed by atoms with Crippen LogP contribution >= 0.6 is 15.9 Å². The first kappa shape index (κ1) is 14.8. The third-order valence-corrected chi connectivity index (χ3v) is 3.32. The summed E-state index contributed by atoms with van der Waals surface area (Å²) in [6, 6.07) is 5.98. The molecule has 0 atom stereocenters. The maximum absolute atomic E-state index is 10.5. The van der Waals surface area contributed by atoms with E-state index in [1.54, 1.807) is 6.08 Å². The molecule has 0 bridgehead atoms.